The van der Waals surface area contributed by atoms with Crippen LogP contribution in [0.3, 0.4) is 0 Å². The minimum Gasteiger partial charge on any atom is -0.395 e. The van der Waals surface area contributed by atoms with Crippen LogP contribution in [0.5, 0.6) is 0 Å². The average Bonchev–Trinajstić information content (AvgIpc) is 3.22. The smallest absolute Gasteiger partial charge is 0.395 e. The third-order valence-electron chi connectivity index (χ3n) is 3.84. The first kappa shape index (κ1) is 20.8. The van der Waals surface area contributed by atoms with Gasteiger partial charge in [-0.2, -0.15) is 0 Å². The number of hydrogen-bond acceptors (Lipinski definition) is 7. The van der Waals surface area contributed by atoms with E-state index in [-0.39, 0.29) is 18.2 Å². The van der Waals surface area contributed by atoms with Crippen LogP contribution in [0.1, 0.15) is 16.1 Å². The number of halogens is 1. The van der Waals surface area contributed by atoms with Crippen molar-refractivity contribution in [3.63, 3.8) is 0 Å². The molecule has 0 saturated carbocycles. The van der Waals surface area contributed by atoms with Crippen molar-refractivity contribution in [1.29, 1.82) is 0 Å². The molecule has 1 aromatic carbocycles. The number of nitrogens with zero attached hydrogens (tertiary/aromatic N) is 4. The minimum atomic E-state index is -0.665. The molecule has 0 fully saturated rings. The van der Waals surface area contributed by atoms with E-state index in [9.17, 15) is 14.9 Å². The predicted molar refractivity (Wildman–Crippen MR) is 107 cm³/mol. The second-order valence-corrected chi connectivity index (χ2v) is 7.08. The molecule has 1 amide bonds. The molecule has 3 rings (SSSR count). The van der Waals surface area contributed by atoms with Gasteiger partial charge in [-0.15, -0.1) is 12.4 Å². The van der Waals surface area contributed by atoms with E-state index < -0.39 is 16.7 Å². The summed E-state index contributed by atoms with van der Waals surface area (Å²) in [6.45, 7) is 2.97. The number of aryl methyl sites for hydroxylation is 1. The van der Waals surface area contributed by atoms with E-state index in [1.54, 1.807) is 0 Å². The van der Waals surface area contributed by atoms with Gasteiger partial charge < -0.3 is 9.32 Å². The summed E-state index contributed by atoms with van der Waals surface area (Å²) in [5, 5.41) is 11.4. The fraction of sp³-hybridized carbons (Fsp3) is 0.294. The number of carbonyl (C=O) groups is 1. The number of para-hydroxylation sites is 1. The first-order valence-electron chi connectivity index (χ1n) is 7.94. The Bertz CT molecular complexity index is 969. The second-order valence-electron chi connectivity index (χ2n) is 6.07. The van der Waals surface area contributed by atoms with Gasteiger partial charge in [0.15, 0.2) is 10.9 Å². The van der Waals surface area contributed by atoms with Gasteiger partial charge in [-0.25, -0.2) is 4.98 Å². The largest absolute Gasteiger partial charge is 0.433 e. The highest BCUT2D eigenvalue weighted by atomic mass is 35.5. The number of furan rings is 1. The van der Waals surface area contributed by atoms with Crippen molar-refractivity contribution >= 4 is 50.9 Å². The molecular weight excluding hydrogens is 392 g/mol. The van der Waals surface area contributed by atoms with Gasteiger partial charge in [0.1, 0.15) is 4.92 Å². The van der Waals surface area contributed by atoms with Crippen LogP contribution in [0, 0.1) is 17.0 Å². The minimum absolute atomic E-state index is 0. The van der Waals surface area contributed by atoms with Crippen LogP contribution in [0.25, 0.3) is 10.2 Å². The Morgan fingerprint density at radius 2 is 2.00 bits per heavy atom. The van der Waals surface area contributed by atoms with E-state index in [1.807, 2.05) is 44.1 Å². The van der Waals surface area contributed by atoms with Crippen LogP contribution in [0.4, 0.5) is 11.0 Å². The number of amides is 1. The Labute approximate surface area is 166 Å². The van der Waals surface area contributed by atoms with Crippen LogP contribution >= 0.6 is 23.7 Å². The van der Waals surface area contributed by atoms with Gasteiger partial charge in [-0.1, -0.05) is 23.5 Å². The van der Waals surface area contributed by atoms with Crippen LogP contribution < -0.4 is 4.90 Å². The Kier molecular flexibility index (Phi) is 6.53. The summed E-state index contributed by atoms with van der Waals surface area (Å²) in [6, 6.07) is 8.37. The lowest BCUT2D eigenvalue weighted by molar-refractivity contribution is -0.402. The van der Waals surface area contributed by atoms with Gasteiger partial charge in [-0.3, -0.25) is 19.8 Å². The molecule has 0 bridgehead atoms. The first-order valence-corrected chi connectivity index (χ1v) is 8.75. The van der Waals surface area contributed by atoms with Crippen molar-refractivity contribution in [3.8, 4) is 0 Å². The molecule has 0 radical (unpaired) electrons. The lowest BCUT2D eigenvalue weighted by Crippen LogP contribution is -2.36. The SMILES string of the molecule is Cc1cccc2sc(N(CCN(C)C)C(=O)c3ccc([N+](=O)[O-])o3)nc12.Cl. The summed E-state index contributed by atoms with van der Waals surface area (Å²) >= 11 is 1.41. The highest BCUT2D eigenvalue weighted by molar-refractivity contribution is 7.22. The third kappa shape index (κ3) is 4.44. The molecule has 0 aliphatic rings. The monoisotopic (exact) mass is 410 g/mol. The normalized spacial score (nSPS) is 10.8. The van der Waals surface area contributed by atoms with Gasteiger partial charge >= 0.3 is 5.88 Å². The quantitative estimate of drug-likeness (QED) is 0.454. The maximum Gasteiger partial charge on any atom is 0.433 e. The van der Waals surface area contributed by atoms with Crippen molar-refractivity contribution in [3.05, 3.63) is 51.8 Å². The third-order valence-corrected chi connectivity index (χ3v) is 4.88. The number of thiazole rings is 1. The molecule has 0 unspecified atom stereocenters. The van der Waals surface area contributed by atoms with Crippen LogP contribution in [0.15, 0.2) is 34.7 Å². The van der Waals surface area contributed by atoms with Gasteiger partial charge in [0.2, 0.25) is 0 Å². The van der Waals surface area contributed by atoms with Crippen molar-refractivity contribution in [2.24, 2.45) is 0 Å². The summed E-state index contributed by atoms with van der Waals surface area (Å²) in [5.41, 5.74) is 1.87. The van der Waals surface area contributed by atoms with Crippen molar-refractivity contribution in [2.45, 2.75) is 6.92 Å². The van der Waals surface area contributed by atoms with Gasteiger partial charge in [-0.05, 0) is 38.7 Å². The number of hydrogen-bond donors (Lipinski definition) is 0. The predicted octanol–water partition coefficient (Wildman–Crippen LogP) is 3.74. The molecule has 8 nitrogen and oxygen atoms in total. The van der Waals surface area contributed by atoms with Crippen LogP contribution in [-0.2, 0) is 0 Å². The molecule has 0 aliphatic carbocycles. The highest BCUT2D eigenvalue weighted by Gasteiger charge is 2.26. The lowest BCUT2D eigenvalue weighted by Gasteiger charge is -2.20. The second kappa shape index (κ2) is 8.47. The van der Waals surface area contributed by atoms with Crippen molar-refractivity contribution in [2.75, 3.05) is 32.1 Å². The number of carbonyl (C=O) groups excluding carboxylic acids is 1. The van der Waals surface area contributed by atoms with E-state index in [0.717, 1.165) is 15.8 Å². The Morgan fingerprint density at radius 1 is 1.26 bits per heavy atom. The summed E-state index contributed by atoms with van der Waals surface area (Å²) < 4.78 is 6.07. The molecule has 0 aliphatic heterocycles. The number of fused-ring (bicyclic) bond motifs is 1. The standard InChI is InChI=1S/C17H18N4O4S.ClH/c1-11-5-4-6-13-15(11)18-17(26-13)20(10-9-19(2)3)16(22)12-7-8-14(25-12)21(23)24;/h4-8H,9-10H2,1-3H3;1H. The number of likely N-dealkylation sites (N-methyl/N-ethyl adjacent to an activating group) is 1. The molecule has 0 N–H and O–H groups in total. The molecule has 10 heteroatoms. The maximum atomic E-state index is 12.9. The number of benzene rings is 1. The Hall–Kier alpha value is -2.49. The first-order chi connectivity index (χ1) is 12.4. The average molecular weight is 411 g/mol. The van der Waals surface area contributed by atoms with Gasteiger partial charge in [0.05, 0.1) is 16.3 Å². The molecule has 0 saturated heterocycles. The zero-order valence-corrected chi connectivity index (χ0v) is 16.7. The van der Waals surface area contributed by atoms with Crippen molar-refractivity contribution < 1.29 is 14.1 Å². The summed E-state index contributed by atoms with van der Waals surface area (Å²) in [5.74, 6) is -0.982. The molecule has 2 aromatic heterocycles. The fourth-order valence-electron chi connectivity index (χ4n) is 2.45. The van der Waals surface area contributed by atoms with Gasteiger partial charge in [0, 0.05) is 13.1 Å². The highest BCUT2D eigenvalue weighted by Crippen LogP contribution is 2.31. The zero-order valence-electron chi connectivity index (χ0n) is 15.0. The van der Waals surface area contributed by atoms with Gasteiger partial charge in [0.25, 0.3) is 5.91 Å². The summed E-state index contributed by atoms with van der Waals surface area (Å²) in [6.07, 6.45) is 0. The maximum absolute atomic E-state index is 12.9. The molecule has 27 heavy (non-hydrogen) atoms. The van der Waals surface area contributed by atoms with E-state index >= 15 is 0 Å². The van der Waals surface area contributed by atoms with E-state index in [4.69, 9.17) is 4.42 Å². The number of aromatic nitrogens is 1. The number of nitro groups is 1. The van der Waals surface area contributed by atoms with Crippen LogP contribution in [-0.4, -0.2) is 47.9 Å². The van der Waals surface area contributed by atoms with E-state index in [2.05, 4.69) is 4.98 Å². The van der Waals surface area contributed by atoms with Crippen LogP contribution in [0.2, 0.25) is 0 Å². The lowest BCUT2D eigenvalue weighted by atomic mass is 10.2. The topological polar surface area (TPSA) is 92.7 Å². The number of anilines is 1. The summed E-state index contributed by atoms with van der Waals surface area (Å²) in [7, 11) is 3.81. The molecule has 3 aromatic rings. The number of rotatable bonds is 6. The van der Waals surface area contributed by atoms with E-state index in [1.165, 1.54) is 28.4 Å². The Morgan fingerprint density at radius 3 is 2.59 bits per heavy atom. The summed E-state index contributed by atoms with van der Waals surface area (Å²) in [4.78, 5) is 31.1. The fourth-order valence-corrected chi connectivity index (χ4v) is 3.52. The molecular formula is C17H19ClN4O4S. The van der Waals surface area contributed by atoms with Crippen molar-refractivity contribution in [1.82, 2.24) is 9.88 Å². The molecule has 144 valence electrons. The molecule has 0 spiro atoms. The van der Waals surface area contributed by atoms with E-state index in [0.29, 0.717) is 18.2 Å². The molecule has 0 atom stereocenters. The zero-order chi connectivity index (χ0) is 18.8. The Balaban J connectivity index is 0.00000261. The molecule has 2 heterocycles.